The van der Waals surface area contributed by atoms with Gasteiger partial charge in [0, 0.05) is 19.4 Å². The lowest BCUT2D eigenvalue weighted by molar-refractivity contribution is -0.137. The molecule has 0 saturated heterocycles. The van der Waals surface area contributed by atoms with E-state index in [1.165, 1.54) is 0 Å². The van der Waals surface area contributed by atoms with Crippen LogP contribution in [0, 0.1) is 47.3 Å². The summed E-state index contributed by atoms with van der Waals surface area (Å²) in [6.07, 6.45) is 8.32. The number of carbonyl (C=O) groups is 17. The van der Waals surface area contributed by atoms with Gasteiger partial charge < -0.3 is 125 Å². The number of hydrogen-bond acceptors (Lipinski definition) is 25. The zero-order valence-corrected chi connectivity index (χ0v) is 88.8. The maximum absolute atomic E-state index is 15.2. The first kappa shape index (κ1) is 131. The van der Waals surface area contributed by atoms with Gasteiger partial charge in [-0.25, -0.2) is 5.84 Å². The van der Waals surface area contributed by atoms with Crippen LogP contribution < -0.4 is 136 Å². The van der Waals surface area contributed by atoms with Crippen LogP contribution in [0.15, 0.2) is 30.3 Å². The molecule has 0 heterocycles. The number of rotatable bonds is 79. The highest BCUT2D eigenvalue weighted by molar-refractivity contribution is 6.01. The average molecular weight is 2020 g/mol. The van der Waals surface area contributed by atoms with Crippen LogP contribution >= 0.6 is 0 Å². The van der Waals surface area contributed by atoms with Gasteiger partial charge in [0.15, 0.2) is 0 Å². The van der Waals surface area contributed by atoms with Gasteiger partial charge in [0.1, 0.15) is 84.6 Å². The number of hydrogen-bond donors (Lipinski definition) is 25. The molecule has 0 saturated carbocycles. The van der Waals surface area contributed by atoms with E-state index in [1.54, 1.807) is 30.3 Å². The van der Waals surface area contributed by atoms with Crippen molar-refractivity contribution in [3.63, 3.8) is 0 Å². The largest absolute Gasteiger partial charge is 0.355 e. The molecule has 0 aliphatic carbocycles. The Hall–Kier alpha value is -10.1. The molecule has 0 fully saturated rings. The van der Waals surface area contributed by atoms with E-state index in [1.807, 2.05) is 111 Å². The maximum Gasteiger partial charge on any atom is 0.243 e. The summed E-state index contributed by atoms with van der Waals surface area (Å²) in [6.45, 7) is 31.0. The third-order valence-electron chi connectivity index (χ3n) is 23.8. The van der Waals surface area contributed by atoms with Gasteiger partial charge in [-0.2, -0.15) is 0 Å². The van der Waals surface area contributed by atoms with Crippen molar-refractivity contribution >= 4 is 100 Å². The summed E-state index contributed by atoms with van der Waals surface area (Å²) in [6, 6.07) is -9.99. The number of nitrogens with two attached hydrogens (primary N) is 8. The second-order valence-electron chi connectivity index (χ2n) is 41.3. The van der Waals surface area contributed by atoms with E-state index in [4.69, 9.17) is 46.0 Å². The number of nitrogens with one attached hydrogen (secondary N) is 17. The Morgan fingerprint density at radius 2 is 0.448 bits per heavy atom. The fourth-order valence-corrected chi connectivity index (χ4v) is 16.2. The molecule has 0 unspecified atom stereocenters. The van der Waals surface area contributed by atoms with Crippen LogP contribution in [0.3, 0.4) is 0 Å². The Kier molecular flexibility index (Phi) is 68.4. The minimum atomic E-state index is -1.39. The number of amides is 17. The van der Waals surface area contributed by atoms with Crippen molar-refractivity contribution in [2.45, 2.75) is 400 Å². The van der Waals surface area contributed by atoms with Crippen molar-refractivity contribution < 1.29 is 81.5 Å². The van der Waals surface area contributed by atoms with E-state index < -0.39 is 192 Å². The van der Waals surface area contributed by atoms with Crippen LogP contribution in [-0.4, -0.2) is 243 Å². The molecule has 0 aromatic heterocycles. The van der Waals surface area contributed by atoms with E-state index >= 15 is 24.0 Å². The molecule has 1 rings (SSSR count). The van der Waals surface area contributed by atoms with Crippen LogP contribution in [0.1, 0.15) is 309 Å². The molecule has 42 nitrogen and oxygen atoms in total. The first-order valence-electron chi connectivity index (χ1n) is 52.5. The van der Waals surface area contributed by atoms with Crippen molar-refractivity contribution in [1.82, 2.24) is 90.5 Å². The van der Waals surface area contributed by atoms with Crippen molar-refractivity contribution in [2.75, 3.05) is 52.4 Å². The van der Waals surface area contributed by atoms with Crippen LogP contribution in [-0.2, 0) is 87.9 Å². The number of hydrazine groups is 1. The quantitative estimate of drug-likeness (QED) is 0.0189. The summed E-state index contributed by atoms with van der Waals surface area (Å²) in [5, 5.41) is 45.0. The van der Waals surface area contributed by atoms with E-state index in [2.05, 4.69) is 90.5 Å². The van der Waals surface area contributed by atoms with Gasteiger partial charge >= 0.3 is 0 Å². The second kappa shape index (κ2) is 74.7. The monoisotopic (exact) mass is 2020 g/mol. The van der Waals surface area contributed by atoms with Crippen LogP contribution in [0.2, 0.25) is 0 Å². The van der Waals surface area contributed by atoms with Crippen LogP contribution in [0.4, 0.5) is 0 Å². The molecule has 17 amide bonds. The summed E-state index contributed by atoms with van der Waals surface area (Å²) in [7, 11) is 0. The van der Waals surface area contributed by atoms with Crippen molar-refractivity contribution in [3.05, 3.63) is 35.9 Å². The molecule has 0 spiro atoms. The molecule has 818 valence electrons. The van der Waals surface area contributed by atoms with Crippen LogP contribution in [0.25, 0.3) is 0 Å². The summed E-state index contributed by atoms with van der Waals surface area (Å²) in [5.74, 6) is -8.07. The molecule has 0 aliphatic heterocycles. The van der Waals surface area contributed by atoms with Crippen LogP contribution in [0.5, 0.6) is 0 Å². The Bertz CT molecular complexity index is 3960. The number of unbranched alkanes of at least 4 members (excludes halogenated alkanes) is 8. The lowest BCUT2D eigenvalue weighted by Crippen LogP contribution is -2.61. The predicted molar refractivity (Wildman–Crippen MR) is 555 cm³/mol. The Morgan fingerprint density at radius 3 is 0.685 bits per heavy atom. The minimum Gasteiger partial charge on any atom is -0.355 e. The molecule has 33 N–H and O–H groups in total. The van der Waals surface area contributed by atoms with Gasteiger partial charge in [-0.15, -0.1) is 0 Å². The standard InChI is InChI=1S/C101H187N25O17/c1-61(2)51-70(108)87(129)112-72(38-23-29-45-103)89(131)114-74(40-25-31-47-105)91(133)120-81(56-66(11)12)98(140)123-83(58-68(15)16)100(142)125-84(59-69-35-19-17-20-36-69)101(143)124-82(57-67(13)14)99(141)122-78(53-63(5)6)95(137)116-73(39-24-30-46-104)90(132)115-75(41-26-32-48-106)92(134)119-80(55-65(9)10)97(139)121-79(54-64(7)8)96(138)117-76(42-27-33-49-107)93(135)118-77(52-62(3)4)94(136)113-71(37-22-28-44-102)88(130)111-60-86(128)110-50-34-18-21-43-85(127)126-109/h17,19-20,35-36,61-68,70-84H,18,21-34,37-60,102-109H2,1-16H3,(H,110,128)(H,111,130)(H,112,129)(H,113,136)(H,114,131)(H,115,132)(H,116,137)(H,117,138)(H,118,135)(H,119,134)(H,120,133)(H,121,139)(H,122,141)(H,123,140)(H,124,143)(H,125,142)(H,126,127)/t70-,71-,72-,73-,74-,75-,76-,77-,78-,79-,80-,81-,82-,83-,84-/m0/s1. The summed E-state index contributed by atoms with van der Waals surface area (Å²) >= 11 is 0. The topological polar surface area (TPSA) is 703 Å². The SMILES string of the molecule is CC(C)C[C@H](NC(=O)[C@H](CCCCN)NC(=O)[C@H](CC(C)C)NC(=O)[C@H](CC(C)C)NC(=O)[C@H](CCCCN)NC(=O)[C@H](CCCCN)NC(=O)[C@H](CC(C)C)NC(=O)[C@H](CC(C)C)NC(=O)[C@H](Cc1ccccc1)NC(=O)[C@H](CC(C)C)NC(=O)[C@H](CC(C)C)NC(=O)[C@H](CCCCN)NC(=O)[C@H](CCCCN)NC(=O)[C@@H](N)CC(C)C)C(=O)N[C@@H](CCCCN)C(=O)NCC(=O)NCCCCCC(=O)NN. The fraction of sp³-hybridized carbons (Fsp3) is 0.772. The summed E-state index contributed by atoms with van der Waals surface area (Å²) < 4.78 is 0. The maximum atomic E-state index is 15.2. The summed E-state index contributed by atoms with van der Waals surface area (Å²) in [5.41, 5.74) is 44.3. The third kappa shape index (κ3) is 58.0. The van der Waals surface area contributed by atoms with Gasteiger partial charge in [-0.1, -0.05) is 148 Å². The second-order valence-corrected chi connectivity index (χ2v) is 41.3. The van der Waals surface area contributed by atoms with Crippen molar-refractivity contribution in [3.8, 4) is 0 Å². The fourth-order valence-electron chi connectivity index (χ4n) is 16.2. The smallest absolute Gasteiger partial charge is 0.243 e. The van der Waals surface area contributed by atoms with Crippen molar-refractivity contribution in [2.24, 2.45) is 93.3 Å². The minimum absolute atomic E-state index is 0.00542. The first-order chi connectivity index (χ1) is 67.7. The molecule has 143 heavy (non-hydrogen) atoms. The van der Waals surface area contributed by atoms with Gasteiger partial charge in [-0.05, 0) is 272 Å². The van der Waals surface area contributed by atoms with Gasteiger partial charge in [0.2, 0.25) is 100 Å². The molecule has 15 atom stereocenters. The molecule has 42 heteroatoms. The average Bonchev–Trinajstić information content (AvgIpc) is 0.848. The number of benzene rings is 1. The third-order valence-corrected chi connectivity index (χ3v) is 23.8. The van der Waals surface area contributed by atoms with E-state index in [0.717, 1.165) is 0 Å². The highest BCUT2D eigenvalue weighted by Gasteiger charge is 2.40. The Balaban J connectivity index is 3.84. The zero-order valence-electron chi connectivity index (χ0n) is 88.8. The predicted octanol–water partition coefficient (Wildman–Crippen LogP) is 1.27. The molecule has 0 radical (unpaired) electrons. The zero-order chi connectivity index (χ0) is 108. The highest BCUT2D eigenvalue weighted by Crippen LogP contribution is 2.20. The molecule has 0 bridgehead atoms. The van der Waals surface area contributed by atoms with Gasteiger partial charge in [0.25, 0.3) is 0 Å². The Labute approximate surface area is 850 Å². The lowest BCUT2D eigenvalue weighted by Gasteiger charge is -2.30. The molecule has 0 aliphatic rings. The number of carbonyl (C=O) groups excluding carboxylic acids is 17. The highest BCUT2D eigenvalue weighted by atomic mass is 16.2. The normalized spacial score (nSPS) is 14.7. The molecular formula is C101H187N25O17. The van der Waals surface area contributed by atoms with E-state index in [-0.39, 0.29) is 176 Å². The van der Waals surface area contributed by atoms with Gasteiger partial charge in [-0.3, -0.25) is 86.9 Å². The van der Waals surface area contributed by atoms with E-state index in [0.29, 0.717) is 128 Å². The summed E-state index contributed by atoms with van der Waals surface area (Å²) in [4.78, 5) is 244. The molecular weight excluding hydrogens is 1840 g/mol. The van der Waals surface area contributed by atoms with Gasteiger partial charge in [0.05, 0.1) is 12.6 Å². The Morgan fingerprint density at radius 1 is 0.231 bits per heavy atom. The molecule has 1 aromatic carbocycles. The van der Waals surface area contributed by atoms with Crippen molar-refractivity contribution in [1.29, 1.82) is 0 Å². The lowest BCUT2D eigenvalue weighted by atomic mass is 9.98. The first-order valence-corrected chi connectivity index (χ1v) is 52.5. The van der Waals surface area contributed by atoms with E-state index in [9.17, 15) is 57.5 Å². The molecule has 1 aromatic rings.